The van der Waals surface area contributed by atoms with Gasteiger partial charge in [0.15, 0.2) is 0 Å². The Bertz CT molecular complexity index is 1020. The summed E-state index contributed by atoms with van der Waals surface area (Å²) >= 11 is 1.28. The van der Waals surface area contributed by atoms with Crippen LogP contribution in [-0.4, -0.2) is 17.1 Å². The molecule has 0 saturated carbocycles. The Morgan fingerprint density at radius 1 is 1.17 bits per heavy atom. The van der Waals surface area contributed by atoms with Gasteiger partial charge in [-0.2, -0.15) is 5.26 Å². The van der Waals surface area contributed by atoms with Gasteiger partial charge in [0.05, 0.1) is 5.25 Å². The first-order chi connectivity index (χ1) is 14.3. The molecule has 0 aromatic heterocycles. The Labute approximate surface area is 181 Å². The lowest BCUT2D eigenvalue weighted by atomic mass is 10.0. The highest BCUT2D eigenvalue weighted by molar-refractivity contribution is 8.05. The molecular formula is C24H25N3O2S. The number of hydrogen-bond acceptors (Lipinski definition) is 4. The second kappa shape index (κ2) is 9.19. The van der Waals surface area contributed by atoms with Crippen molar-refractivity contribution in [2.24, 2.45) is 0 Å². The van der Waals surface area contributed by atoms with Gasteiger partial charge in [-0.25, -0.2) is 0 Å². The number of nitrogens with zero attached hydrogens (tertiary/aromatic N) is 2. The van der Waals surface area contributed by atoms with Crippen molar-refractivity contribution in [3.63, 3.8) is 0 Å². The van der Waals surface area contributed by atoms with Crippen molar-refractivity contribution in [3.8, 4) is 6.07 Å². The maximum absolute atomic E-state index is 13.0. The summed E-state index contributed by atoms with van der Waals surface area (Å²) in [5, 5.41) is 12.6. The highest BCUT2D eigenvalue weighted by atomic mass is 32.2. The van der Waals surface area contributed by atoms with E-state index in [1.54, 1.807) is 12.1 Å². The molecule has 6 heteroatoms. The lowest BCUT2D eigenvalue weighted by molar-refractivity contribution is -0.117. The van der Waals surface area contributed by atoms with E-state index >= 15 is 0 Å². The second-order valence-corrected chi connectivity index (χ2v) is 8.74. The van der Waals surface area contributed by atoms with E-state index in [9.17, 15) is 14.9 Å². The van der Waals surface area contributed by atoms with Gasteiger partial charge in [0, 0.05) is 11.4 Å². The van der Waals surface area contributed by atoms with Crippen LogP contribution in [0.1, 0.15) is 44.2 Å². The first-order valence-electron chi connectivity index (χ1n) is 9.98. The van der Waals surface area contributed by atoms with E-state index in [0.29, 0.717) is 28.7 Å². The summed E-state index contributed by atoms with van der Waals surface area (Å²) in [6.45, 7) is 8.10. The van der Waals surface area contributed by atoms with Gasteiger partial charge < -0.3 is 5.32 Å². The van der Waals surface area contributed by atoms with E-state index in [2.05, 4.69) is 19.2 Å². The molecular weight excluding hydrogens is 394 g/mol. The molecule has 30 heavy (non-hydrogen) atoms. The van der Waals surface area contributed by atoms with Crippen LogP contribution in [0.3, 0.4) is 0 Å². The SMILES string of the molecule is CCC1S/C(=C(/C#N)C(=O)Nc2ccc(C)cc2)N(c2ccc(C(C)C)cc2)C1=O. The molecule has 3 rings (SSSR count). The first kappa shape index (κ1) is 21.7. The minimum absolute atomic E-state index is 0.0576. The second-order valence-electron chi connectivity index (χ2n) is 7.55. The number of nitrogens with one attached hydrogen (secondary N) is 1. The molecule has 0 aliphatic carbocycles. The van der Waals surface area contributed by atoms with Crippen LogP contribution in [0.2, 0.25) is 0 Å². The van der Waals surface area contributed by atoms with Gasteiger partial charge in [0.1, 0.15) is 16.7 Å². The zero-order valence-corrected chi connectivity index (χ0v) is 18.4. The number of benzene rings is 2. The third kappa shape index (κ3) is 4.42. The number of thioether (sulfide) groups is 1. The highest BCUT2D eigenvalue weighted by Crippen LogP contribution is 2.42. The van der Waals surface area contributed by atoms with Crippen LogP contribution in [-0.2, 0) is 9.59 Å². The average molecular weight is 420 g/mol. The van der Waals surface area contributed by atoms with E-state index in [4.69, 9.17) is 0 Å². The fraction of sp³-hybridized carbons (Fsp3) is 0.292. The maximum Gasteiger partial charge on any atom is 0.269 e. The molecule has 1 heterocycles. The van der Waals surface area contributed by atoms with E-state index in [1.165, 1.54) is 16.7 Å². The fourth-order valence-corrected chi connectivity index (χ4v) is 4.39. The van der Waals surface area contributed by atoms with Crippen molar-refractivity contribution >= 4 is 35.0 Å². The zero-order chi connectivity index (χ0) is 21.8. The van der Waals surface area contributed by atoms with Gasteiger partial charge in [-0.1, -0.05) is 62.4 Å². The third-order valence-corrected chi connectivity index (χ3v) is 6.43. The van der Waals surface area contributed by atoms with Crippen molar-refractivity contribution in [2.45, 2.75) is 45.3 Å². The Morgan fingerprint density at radius 2 is 1.80 bits per heavy atom. The van der Waals surface area contributed by atoms with Crippen molar-refractivity contribution < 1.29 is 9.59 Å². The van der Waals surface area contributed by atoms with Crippen LogP contribution < -0.4 is 10.2 Å². The molecule has 1 aliphatic rings. The predicted molar refractivity (Wildman–Crippen MR) is 122 cm³/mol. The number of amides is 2. The molecule has 1 fully saturated rings. The van der Waals surface area contributed by atoms with Crippen molar-refractivity contribution in [1.29, 1.82) is 5.26 Å². The van der Waals surface area contributed by atoms with E-state index in [1.807, 2.05) is 56.3 Å². The van der Waals surface area contributed by atoms with Gasteiger partial charge in [0.2, 0.25) is 5.91 Å². The minimum atomic E-state index is -0.516. The number of carbonyl (C=O) groups is 2. The van der Waals surface area contributed by atoms with Crippen LogP contribution in [0.4, 0.5) is 11.4 Å². The fourth-order valence-electron chi connectivity index (χ4n) is 3.19. The van der Waals surface area contributed by atoms with Crippen LogP contribution in [0.25, 0.3) is 0 Å². The maximum atomic E-state index is 13.0. The highest BCUT2D eigenvalue weighted by Gasteiger charge is 2.39. The smallest absolute Gasteiger partial charge is 0.269 e. The normalized spacial score (nSPS) is 17.8. The number of nitriles is 1. The van der Waals surface area contributed by atoms with E-state index in [-0.39, 0.29) is 16.7 Å². The molecule has 1 saturated heterocycles. The van der Waals surface area contributed by atoms with Gasteiger partial charge in [-0.05, 0) is 49.1 Å². The summed E-state index contributed by atoms with van der Waals surface area (Å²) in [6, 6.07) is 17.1. The zero-order valence-electron chi connectivity index (χ0n) is 17.6. The largest absolute Gasteiger partial charge is 0.321 e. The third-order valence-electron chi connectivity index (χ3n) is 5.00. The van der Waals surface area contributed by atoms with Gasteiger partial charge in [0.25, 0.3) is 5.91 Å². The molecule has 2 amide bonds. The van der Waals surface area contributed by atoms with Crippen LogP contribution in [0.15, 0.2) is 59.1 Å². The molecule has 2 aromatic carbocycles. The summed E-state index contributed by atoms with van der Waals surface area (Å²) in [7, 11) is 0. The average Bonchev–Trinajstić information content (AvgIpc) is 3.06. The monoisotopic (exact) mass is 419 g/mol. The lowest BCUT2D eigenvalue weighted by Crippen LogP contribution is -2.29. The number of aryl methyl sites for hydroxylation is 1. The number of anilines is 2. The molecule has 5 nitrogen and oxygen atoms in total. The summed E-state index contributed by atoms with van der Waals surface area (Å²) in [4.78, 5) is 27.4. The molecule has 0 spiro atoms. The number of hydrogen-bond donors (Lipinski definition) is 1. The summed E-state index contributed by atoms with van der Waals surface area (Å²) in [6.07, 6.45) is 0.617. The molecule has 1 unspecified atom stereocenters. The molecule has 1 N–H and O–H groups in total. The van der Waals surface area contributed by atoms with E-state index < -0.39 is 5.91 Å². The number of carbonyl (C=O) groups excluding carboxylic acids is 2. The van der Waals surface area contributed by atoms with Crippen molar-refractivity contribution in [2.75, 3.05) is 10.2 Å². The van der Waals surface area contributed by atoms with Gasteiger partial charge in [-0.15, -0.1) is 0 Å². The Morgan fingerprint density at radius 3 is 2.33 bits per heavy atom. The van der Waals surface area contributed by atoms with Crippen molar-refractivity contribution in [3.05, 3.63) is 70.3 Å². The number of rotatable bonds is 5. The van der Waals surface area contributed by atoms with Crippen LogP contribution >= 0.6 is 11.8 Å². The van der Waals surface area contributed by atoms with Gasteiger partial charge >= 0.3 is 0 Å². The summed E-state index contributed by atoms with van der Waals surface area (Å²) in [5.41, 5.74) is 3.45. The van der Waals surface area contributed by atoms with E-state index in [0.717, 1.165) is 11.1 Å². The summed E-state index contributed by atoms with van der Waals surface area (Å²) < 4.78 is 0. The first-order valence-corrected chi connectivity index (χ1v) is 10.9. The Hall–Kier alpha value is -3.04. The minimum Gasteiger partial charge on any atom is -0.321 e. The molecule has 1 aliphatic heterocycles. The quantitative estimate of drug-likeness (QED) is 0.524. The summed E-state index contributed by atoms with van der Waals surface area (Å²) in [5.74, 6) is -0.251. The van der Waals surface area contributed by atoms with Gasteiger partial charge in [-0.3, -0.25) is 14.5 Å². The molecule has 154 valence electrons. The van der Waals surface area contributed by atoms with Crippen molar-refractivity contribution in [1.82, 2.24) is 0 Å². The molecule has 2 aromatic rings. The molecule has 1 atom stereocenters. The standard InChI is InChI=1S/C24H25N3O2S/c1-5-21-23(29)27(19-12-8-17(9-13-19)15(2)3)24(30-21)20(14-25)22(28)26-18-10-6-16(4)7-11-18/h6-13,15,21H,5H2,1-4H3,(H,26,28)/b24-20-. The molecule has 0 radical (unpaired) electrons. The van der Waals surface area contributed by atoms with Crippen LogP contribution in [0.5, 0.6) is 0 Å². The lowest BCUT2D eigenvalue weighted by Gasteiger charge is -2.19. The molecule has 0 bridgehead atoms. The Kier molecular flexibility index (Phi) is 6.63. The predicted octanol–water partition coefficient (Wildman–Crippen LogP) is 5.35. The Balaban J connectivity index is 2.00. The topological polar surface area (TPSA) is 73.2 Å². The van der Waals surface area contributed by atoms with Crippen LogP contribution in [0, 0.1) is 18.3 Å².